The highest BCUT2D eigenvalue weighted by atomic mass is 79.9. The minimum absolute atomic E-state index is 0.529. The van der Waals surface area contributed by atoms with Gasteiger partial charge in [0.15, 0.2) is 0 Å². The van der Waals surface area contributed by atoms with E-state index in [0.29, 0.717) is 9.78 Å². The molecule has 1 aliphatic rings. The van der Waals surface area contributed by atoms with Crippen LogP contribution >= 0.6 is 31.9 Å². The van der Waals surface area contributed by atoms with Gasteiger partial charge < -0.3 is 5.32 Å². The molecule has 1 N–H and O–H groups in total. The van der Waals surface area contributed by atoms with Gasteiger partial charge in [-0.1, -0.05) is 38.8 Å². The summed E-state index contributed by atoms with van der Waals surface area (Å²) in [6.45, 7) is 3.35. The summed E-state index contributed by atoms with van der Waals surface area (Å²) in [5.41, 5.74) is 0. The molecular formula is C6H11Br2N. The molecule has 54 valence electrons. The Kier molecular flexibility index (Phi) is 2.99. The quantitative estimate of drug-likeness (QED) is 0.517. The smallest absolute Gasteiger partial charge is 0.0633 e. The highest BCUT2D eigenvalue weighted by Gasteiger charge is 2.22. The van der Waals surface area contributed by atoms with E-state index in [9.17, 15) is 0 Å². The normalized spacial score (nSPS) is 45.0. The highest BCUT2D eigenvalue weighted by Crippen LogP contribution is 2.23. The van der Waals surface area contributed by atoms with E-state index in [2.05, 4.69) is 44.1 Å². The maximum absolute atomic E-state index is 3.60. The van der Waals surface area contributed by atoms with E-state index in [1.807, 2.05) is 0 Å². The van der Waals surface area contributed by atoms with Crippen molar-refractivity contribution in [3.05, 3.63) is 0 Å². The summed E-state index contributed by atoms with van der Waals surface area (Å²) in [5, 5.41) is 3.33. The Morgan fingerprint density at radius 1 is 1.44 bits per heavy atom. The molecule has 1 heterocycles. The van der Waals surface area contributed by atoms with E-state index in [1.54, 1.807) is 0 Å². The van der Waals surface area contributed by atoms with Crippen molar-refractivity contribution in [1.82, 2.24) is 5.32 Å². The lowest BCUT2D eigenvalue weighted by Crippen LogP contribution is -2.40. The van der Waals surface area contributed by atoms with Crippen LogP contribution in [0, 0.1) is 5.92 Å². The lowest BCUT2D eigenvalue weighted by atomic mass is 10.0. The van der Waals surface area contributed by atoms with Gasteiger partial charge in [0.1, 0.15) is 0 Å². The van der Waals surface area contributed by atoms with Crippen molar-refractivity contribution in [2.45, 2.75) is 23.1 Å². The maximum Gasteiger partial charge on any atom is 0.0633 e. The van der Waals surface area contributed by atoms with Crippen LogP contribution in [-0.2, 0) is 0 Å². The van der Waals surface area contributed by atoms with Gasteiger partial charge in [0.05, 0.1) is 4.95 Å². The van der Waals surface area contributed by atoms with Crippen LogP contribution in [0.3, 0.4) is 0 Å². The van der Waals surface area contributed by atoms with Crippen LogP contribution in [0.1, 0.15) is 13.3 Å². The standard InChI is InChI=1S/C6H11Br2N/c1-4-2-6(8)9-3-5(4)7/h4-6,9H,2-3H2,1H3. The van der Waals surface area contributed by atoms with Gasteiger partial charge in [-0.05, 0) is 12.3 Å². The molecule has 1 nitrogen and oxygen atoms in total. The fourth-order valence-corrected chi connectivity index (χ4v) is 2.18. The van der Waals surface area contributed by atoms with Gasteiger partial charge in [0.2, 0.25) is 0 Å². The second-order valence-electron chi connectivity index (χ2n) is 2.60. The minimum atomic E-state index is 0.529. The topological polar surface area (TPSA) is 12.0 Å². The maximum atomic E-state index is 3.60. The Balaban J connectivity index is 2.35. The molecule has 9 heavy (non-hydrogen) atoms. The van der Waals surface area contributed by atoms with Gasteiger partial charge in [-0.25, -0.2) is 0 Å². The first kappa shape index (κ1) is 8.02. The minimum Gasteiger partial charge on any atom is -0.304 e. The molecule has 0 aromatic carbocycles. The number of hydrogen-bond donors (Lipinski definition) is 1. The molecule has 0 amide bonds. The molecule has 3 atom stereocenters. The zero-order valence-corrected chi connectivity index (χ0v) is 8.57. The van der Waals surface area contributed by atoms with E-state index in [-0.39, 0.29) is 0 Å². The van der Waals surface area contributed by atoms with Gasteiger partial charge in [0.25, 0.3) is 0 Å². The third kappa shape index (κ3) is 2.20. The van der Waals surface area contributed by atoms with Crippen LogP contribution in [0.5, 0.6) is 0 Å². The van der Waals surface area contributed by atoms with Crippen LogP contribution < -0.4 is 5.32 Å². The molecule has 3 unspecified atom stereocenters. The summed E-state index contributed by atoms with van der Waals surface area (Å²) in [6.07, 6.45) is 1.22. The number of alkyl halides is 2. The van der Waals surface area contributed by atoms with Crippen molar-refractivity contribution < 1.29 is 0 Å². The van der Waals surface area contributed by atoms with Crippen molar-refractivity contribution in [3.8, 4) is 0 Å². The van der Waals surface area contributed by atoms with Gasteiger partial charge in [-0.15, -0.1) is 0 Å². The summed E-state index contributed by atoms with van der Waals surface area (Å²) in [6, 6.07) is 0. The van der Waals surface area contributed by atoms with Crippen LogP contribution in [0.15, 0.2) is 0 Å². The molecule has 0 aromatic heterocycles. The molecule has 0 spiro atoms. The SMILES string of the molecule is CC1CC(Br)NCC1Br. The summed E-state index contributed by atoms with van der Waals surface area (Å²) >= 11 is 7.12. The average molecular weight is 257 g/mol. The van der Waals surface area contributed by atoms with E-state index in [0.717, 1.165) is 12.5 Å². The Morgan fingerprint density at radius 2 is 2.11 bits per heavy atom. The lowest BCUT2D eigenvalue weighted by Gasteiger charge is -2.28. The Labute approximate surface area is 72.8 Å². The van der Waals surface area contributed by atoms with Crippen molar-refractivity contribution >= 4 is 31.9 Å². The molecule has 0 bridgehead atoms. The monoisotopic (exact) mass is 255 g/mol. The molecule has 0 saturated carbocycles. The highest BCUT2D eigenvalue weighted by molar-refractivity contribution is 9.10. The van der Waals surface area contributed by atoms with E-state index < -0.39 is 0 Å². The third-order valence-electron chi connectivity index (χ3n) is 1.73. The summed E-state index contributed by atoms with van der Waals surface area (Å²) < 4.78 is 0. The molecule has 0 radical (unpaired) electrons. The first-order valence-corrected chi connectivity index (χ1v) is 5.05. The van der Waals surface area contributed by atoms with Gasteiger partial charge in [-0.2, -0.15) is 0 Å². The number of rotatable bonds is 0. The molecule has 0 aliphatic carbocycles. The van der Waals surface area contributed by atoms with Crippen molar-refractivity contribution in [2.24, 2.45) is 5.92 Å². The van der Waals surface area contributed by atoms with Crippen LogP contribution in [-0.4, -0.2) is 16.3 Å². The summed E-state index contributed by atoms with van der Waals surface area (Å²) in [5.74, 6) is 0.788. The van der Waals surface area contributed by atoms with Gasteiger partial charge >= 0.3 is 0 Å². The van der Waals surface area contributed by atoms with E-state index in [1.165, 1.54) is 6.42 Å². The van der Waals surface area contributed by atoms with Crippen LogP contribution in [0.4, 0.5) is 0 Å². The second kappa shape index (κ2) is 3.35. The largest absolute Gasteiger partial charge is 0.304 e. The molecule has 1 fully saturated rings. The van der Waals surface area contributed by atoms with Crippen molar-refractivity contribution in [2.75, 3.05) is 6.54 Å². The van der Waals surface area contributed by atoms with Crippen LogP contribution in [0.2, 0.25) is 0 Å². The Hall–Kier alpha value is 0.920. The fourth-order valence-electron chi connectivity index (χ4n) is 0.999. The van der Waals surface area contributed by atoms with E-state index in [4.69, 9.17) is 0 Å². The third-order valence-corrected chi connectivity index (χ3v) is 3.65. The summed E-state index contributed by atoms with van der Waals surface area (Å²) in [4.78, 5) is 1.19. The summed E-state index contributed by atoms with van der Waals surface area (Å²) in [7, 11) is 0. The first-order valence-electron chi connectivity index (χ1n) is 3.21. The number of nitrogens with one attached hydrogen (secondary N) is 1. The number of piperidine rings is 1. The zero-order chi connectivity index (χ0) is 6.85. The number of hydrogen-bond acceptors (Lipinski definition) is 1. The molecule has 1 aliphatic heterocycles. The predicted octanol–water partition coefficient (Wildman–Crippen LogP) is 2.10. The molecule has 3 heteroatoms. The predicted molar refractivity (Wildman–Crippen MR) is 47.2 cm³/mol. The first-order chi connectivity index (χ1) is 4.20. The van der Waals surface area contributed by atoms with Gasteiger partial charge in [-0.3, -0.25) is 0 Å². The Bertz CT molecular complexity index is 97.1. The molecule has 1 rings (SSSR count). The average Bonchev–Trinajstić information content (AvgIpc) is 1.80. The second-order valence-corrected chi connectivity index (χ2v) is 4.89. The molecule has 1 saturated heterocycles. The molecule has 0 aromatic rings. The fraction of sp³-hybridized carbons (Fsp3) is 1.00. The zero-order valence-electron chi connectivity index (χ0n) is 5.40. The van der Waals surface area contributed by atoms with Crippen molar-refractivity contribution in [1.29, 1.82) is 0 Å². The number of halogens is 2. The lowest BCUT2D eigenvalue weighted by molar-refractivity contribution is 0.402. The Morgan fingerprint density at radius 3 is 2.56 bits per heavy atom. The van der Waals surface area contributed by atoms with E-state index >= 15 is 0 Å². The van der Waals surface area contributed by atoms with Crippen LogP contribution in [0.25, 0.3) is 0 Å². The molecular weight excluding hydrogens is 246 g/mol. The van der Waals surface area contributed by atoms with Gasteiger partial charge in [0, 0.05) is 11.4 Å². The van der Waals surface area contributed by atoms with Crippen molar-refractivity contribution in [3.63, 3.8) is 0 Å².